The number of benzene rings is 1. The second-order valence-corrected chi connectivity index (χ2v) is 5.90. The second kappa shape index (κ2) is 5.95. The molecule has 0 radical (unpaired) electrons. The van der Waals surface area contributed by atoms with Crippen molar-refractivity contribution >= 4 is 27.5 Å². The van der Waals surface area contributed by atoms with Gasteiger partial charge in [0.25, 0.3) is 5.91 Å². The average Bonchev–Trinajstić information content (AvgIpc) is 2.49. The molecule has 0 atom stereocenters. The number of hydrogen-bond acceptors (Lipinski definition) is 3. The van der Waals surface area contributed by atoms with Crippen molar-refractivity contribution in [2.24, 2.45) is 0 Å². The first-order valence-electron chi connectivity index (χ1n) is 6.91. The van der Waals surface area contributed by atoms with Crippen LogP contribution in [0.15, 0.2) is 34.9 Å². The summed E-state index contributed by atoms with van der Waals surface area (Å²) in [5.74, 6) is -0.0685. The third-order valence-corrected chi connectivity index (χ3v) is 4.13. The topological polar surface area (TPSA) is 54.0 Å². The Morgan fingerprint density at radius 1 is 1.33 bits per heavy atom. The van der Waals surface area contributed by atoms with E-state index in [-0.39, 0.29) is 5.91 Å². The van der Waals surface area contributed by atoms with Gasteiger partial charge in [-0.1, -0.05) is 12.1 Å². The highest BCUT2D eigenvalue weighted by molar-refractivity contribution is 9.10. The molecule has 1 amide bonds. The van der Waals surface area contributed by atoms with Crippen molar-refractivity contribution in [1.82, 2.24) is 10.3 Å². The lowest BCUT2D eigenvalue weighted by Crippen LogP contribution is -2.26. The molecule has 1 aliphatic heterocycles. The van der Waals surface area contributed by atoms with E-state index in [1.54, 1.807) is 0 Å². The van der Waals surface area contributed by atoms with Gasteiger partial charge in [0.2, 0.25) is 0 Å². The van der Waals surface area contributed by atoms with Crippen molar-refractivity contribution in [3.05, 3.63) is 57.3 Å². The van der Waals surface area contributed by atoms with E-state index >= 15 is 0 Å². The number of hydrogen-bond donors (Lipinski definition) is 2. The van der Waals surface area contributed by atoms with Gasteiger partial charge in [-0.3, -0.25) is 4.79 Å². The lowest BCUT2D eigenvalue weighted by Gasteiger charge is -2.20. The number of halogens is 1. The Balaban J connectivity index is 1.89. The standard InChI is InChI=1S/C16H16BrN3O/c1-10-14(5-6-15(17)19-10)20-16(21)13-4-2-3-11-9-18-8-7-12(11)13/h2-6,18H,7-9H2,1H3,(H,20,21). The first kappa shape index (κ1) is 14.2. The van der Waals surface area contributed by atoms with Gasteiger partial charge in [-0.2, -0.15) is 0 Å². The van der Waals surface area contributed by atoms with E-state index < -0.39 is 0 Å². The van der Waals surface area contributed by atoms with E-state index in [2.05, 4.69) is 37.6 Å². The van der Waals surface area contributed by atoms with Crippen molar-refractivity contribution in [2.75, 3.05) is 11.9 Å². The summed E-state index contributed by atoms with van der Waals surface area (Å²) >= 11 is 3.33. The Morgan fingerprint density at radius 3 is 3.00 bits per heavy atom. The van der Waals surface area contributed by atoms with E-state index in [1.165, 1.54) is 5.56 Å². The van der Waals surface area contributed by atoms with Crippen LogP contribution < -0.4 is 10.6 Å². The van der Waals surface area contributed by atoms with Gasteiger partial charge in [0.1, 0.15) is 4.60 Å². The van der Waals surface area contributed by atoms with Gasteiger partial charge in [-0.05, 0) is 65.1 Å². The molecule has 2 heterocycles. The number of pyridine rings is 1. The zero-order valence-corrected chi connectivity index (χ0v) is 13.3. The number of anilines is 1. The van der Waals surface area contributed by atoms with E-state index in [0.29, 0.717) is 0 Å². The quantitative estimate of drug-likeness (QED) is 0.822. The molecule has 0 aliphatic carbocycles. The Bertz CT molecular complexity index is 700. The van der Waals surface area contributed by atoms with E-state index in [0.717, 1.165) is 46.6 Å². The molecule has 0 spiro atoms. The molecule has 2 aromatic rings. The number of fused-ring (bicyclic) bond motifs is 1. The summed E-state index contributed by atoms with van der Waals surface area (Å²) in [5, 5.41) is 6.29. The third-order valence-electron chi connectivity index (χ3n) is 3.68. The summed E-state index contributed by atoms with van der Waals surface area (Å²) < 4.78 is 0.765. The summed E-state index contributed by atoms with van der Waals surface area (Å²) in [7, 11) is 0. The molecule has 0 fully saturated rings. The van der Waals surface area contributed by atoms with Crippen LogP contribution in [0.4, 0.5) is 5.69 Å². The second-order valence-electron chi connectivity index (χ2n) is 5.09. The maximum atomic E-state index is 12.6. The predicted molar refractivity (Wildman–Crippen MR) is 86.5 cm³/mol. The molecule has 0 unspecified atom stereocenters. The van der Waals surface area contributed by atoms with Crippen LogP contribution in [0.5, 0.6) is 0 Å². The molecule has 0 bridgehead atoms. The van der Waals surface area contributed by atoms with Crippen LogP contribution in [0.1, 0.15) is 27.2 Å². The van der Waals surface area contributed by atoms with Gasteiger partial charge in [0.05, 0.1) is 11.4 Å². The molecule has 3 rings (SSSR count). The molecule has 1 aromatic carbocycles. The van der Waals surface area contributed by atoms with Crippen LogP contribution in [-0.2, 0) is 13.0 Å². The molecule has 2 N–H and O–H groups in total. The Kier molecular flexibility index (Phi) is 4.03. The van der Waals surface area contributed by atoms with Crippen LogP contribution in [-0.4, -0.2) is 17.4 Å². The maximum absolute atomic E-state index is 12.6. The highest BCUT2D eigenvalue weighted by atomic mass is 79.9. The lowest BCUT2D eigenvalue weighted by molar-refractivity contribution is 0.102. The van der Waals surface area contributed by atoms with Gasteiger partial charge >= 0.3 is 0 Å². The molecular formula is C16H16BrN3O. The first-order valence-corrected chi connectivity index (χ1v) is 7.70. The fraction of sp³-hybridized carbons (Fsp3) is 0.250. The lowest BCUT2D eigenvalue weighted by atomic mass is 9.95. The SMILES string of the molecule is Cc1nc(Br)ccc1NC(=O)c1cccc2c1CCNC2. The number of nitrogens with one attached hydrogen (secondary N) is 2. The number of nitrogens with zero attached hydrogens (tertiary/aromatic N) is 1. The predicted octanol–water partition coefficient (Wildman–Crippen LogP) is 3.05. The molecule has 1 aromatic heterocycles. The van der Waals surface area contributed by atoms with E-state index in [1.807, 2.05) is 31.2 Å². The van der Waals surface area contributed by atoms with E-state index in [4.69, 9.17) is 0 Å². The van der Waals surface area contributed by atoms with Gasteiger partial charge in [-0.25, -0.2) is 4.98 Å². The molecule has 21 heavy (non-hydrogen) atoms. The van der Waals surface area contributed by atoms with Crippen molar-refractivity contribution in [3.63, 3.8) is 0 Å². The Labute approximate surface area is 132 Å². The molecular weight excluding hydrogens is 330 g/mol. The molecule has 4 nitrogen and oxygen atoms in total. The summed E-state index contributed by atoms with van der Waals surface area (Å²) in [5.41, 5.74) is 4.66. The van der Waals surface area contributed by atoms with Crippen molar-refractivity contribution in [2.45, 2.75) is 19.9 Å². The molecule has 0 saturated carbocycles. The number of aromatic nitrogens is 1. The first-order chi connectivity index (χ1) is 10.1. The number of aryl methyl sites for hydroxylation is 1. The van der Waals surface area contributed by atoms with Gasteiger partial charge < -0.3 is 10.6 Å². The van der Waals surface area contributed by atoms with Crippen LogP contribution in [0.2, 0.25) is 0 Å². The molecule has 5 heteroatoms. The van der Waals surface area contributed by atoms with Crippen LogP contribution in [0.25, 0.3) is 0 Å². The van der Waals surface area contributed by atoms with Crippen LogP contribution in [0, 0.1) is 6.92 Å². The van der Waals surface area contributed by atoms with Crippen molar-refractivity contribution < 1.29 is 4.79 Å². The maximum Gasteiger partial charge on any atom is 0.256 e. The van der Waals surface area contributed by atoms with Gasteiger partial charge in [0.15, 0.2) is 0 Å². The Hall–Kier alpha value is -1.72. The summed E-state index contributed by atoms with van der Waals surface area (Å²) in [6.45, 7) is 3.62. The van der Waals surface area contributed by atoms with Crippen LogP contribution in [0.3, 0.4) is 0 Å². The van der Waals surface area contributed by atoms with Crippen molar-refractivity contribution in [3.8, 4) is 0 Å². The molecule has 0 saturated heterocycles. The molecule has 108 valence electrons. The minimum absolute atomic E-state index is 0.0685. The average molecular weight is 346 g/mol. The monoisotopic (exact) mass is 345 g/mol. The zero-order valence-electron chi connectivity index (χ0n) is 11.7. The van der Waals surface area contributed by atoms with Gasteiger partial charge in [-0.15, -0.1) is 0 Å². The number of carbonyl (C=O) groups is 1. The summed E-state index contributed by atoms with van der Waals surface area (Å²) in [4.78, 5) is 16.9. The normalized spacial score (nSPS) is 13.6. The van der Waals surface area contributed by atoms with Gasteiger partial charge in [0, 0.05) is 12.1 Å². The highest BCUT2D eigenvalue weighted by Gasteiger charge is 2.17. The minimum atomic E-state index is -0.0685. The summed E-state index contributed by atoms with van der Waals surface area (Å²) in [6.07, 6.45) is 0.885. The number of rotatable bonds is 2. The highest BCUT2D eigenvalue weighted by Crippen LogP contribution is 2.21. The Morgan fingerprint density at radius 2 is 2.19 bits per heavy atom. The minimum Gasteiger partial charge on any atom is -0.320 e. The fourth-order valence-electron chi connectivity index (χ4n) is 2.60. The zero-order chi connectivity index (χ0) is 14.8. The third kappa shape index (κ3) is 2.99. The number of amides is 1. The largest absolute Gasteiger partial charge is 0.320 e. The molecule has 1 aliphatic rings. The summed E-state index contributed by atoms with van der Waals surface area (Å²) in [6, 6.07) is 9.59. The number of carbonyl (C=O) groups excluding carboxylic acids is 1. The van der Waals surface area contributed by atoms with E-state index in [9.17, 15) is 4.79 Å². The van der Waals surface area contributed by atoms with Crippen molar-refractivity contribution in [1.29, 1.82) is 0 Å². The smallest absolute Gasteiger partial charge is 0.256 e. The fourth-order valence-corrected chi connectivity index (χ4v) is 2.99. The van der Waals surface area contributed by atoms with Crippen LogP contribution >= 0.6 is 15.9 Å².